The predicted octanol–water partition coefficient (Wildman–Crippen LogP) is 2.54. The summed E-state index contributed by atoms with van der Waals surface area (Å²) in [6.45, 7) is 2.04. The maximum Gasteiger partial charge on any atom is 0.162 e. The fraction of sp³-hybridized carbons (Fsp3) is 0.250. The van der Waals surface area contributed by atoms with Crippen molar-refractivity contribution in [2.45, 2.75) is 19.4 Å². The minimum Gasteiger partial charge on any atom is -0.493 e. The lowest BCUT2D eigenvalue weighted by molar-refractivity contribution is -0.118. The normalized spacial score (nSPS) is 20.6. The summed E-state index contributed by atoms with van der Waals surface area (Å²) in [6.07, 6.45) is 3.30. The van der Waals surface area contributed by atoms with Crippen molar-refractivity contribution in [2.24, 2.45) is 0 Å². The highest BCUT2D eigenvalue weighted by Gasteiger charge is 2.17. The quantitative estimate of drug-likeness (QED) is 0.677. The Hall–Kier alpha value is -1.57. The second kappa shape index (κ2) is 3.66. The lowest BCUT2D eigenvalue weighted by Crippen LogP contribution is -2.11. The van der Waals surface area contributed by atoms with Gasteiger partial charge in [-0.05, 0) is 12.5 Å². The van der Waals surface area contributed by atoms with Crippen molar-refractivity contribution < 1.29 is 9.53 Å². The summed E-state index contributed by atoms with van der Waals surface area (Å²) in [5.74, 6) is 0.127. The minimum atomic E-state index is -0.104. The standard InChI is InChI=1S/C12H12O2/c1-9-2-4-10(5-3-9)12-8-11(13)6-7-14-12/h2-7,12H,8H2,1H3/t12-/m0/s1. The molecule has 0 spiro atoms. The van der Waals surface area contributed by atoms with Crippen LogP contribution in [0, 0.1) is 6.92 Å². The molecule has 0 amide bonds. The van der Waals surface area contributed by atoms with Crippen LogP contribution < -0.4 is 0 Å². The van der Waals surface area contributed by atoms with Crippen LogP contribution in [0.25, 0.3) is 0 Å². The Bertz CT molecular complexity index is 362. The SMILES string of the molecule is Cc1ccc([C@@H]2CC(=O)C=CO2)cc1. The minimum absolute atomic E-state index is 0.104. The van der Waals surface area contributed by atoms with Crippen LogP contribution in [0.4, 0.5) is 0 Å². The molecule has 1 heterocycles. The molecule has 0 N–H and O–H groups in total. The van der Waals surface area contributed by atoms with Crippen LogP contribution in [0.5, 0.6) is 0 Å². The van der Waals surface area contributed by atoms with Gasteiger partial charge in [-0.25, -0.2) is 0 Å². The Morgan fingerprint density at radius 3 is 2.64 bits per heavy atom. The van der Waals surface area contributed by atoms with Crippen LogP contribution in [-0.2, 0) is 9.53 Å². The van der Waals surface area contributed by atoms with E-state index in [1.807, 2.05) is 31.2 Å². The maximum atomic E-state index is 11.1. The molecule has 1 aromatic carbocycles. The van der Waals surface area contributed by atoms with E-state index in [9.17, 15) is 4.79 Å². The van der Waals surface area contributed by atoms with Crippen molar-refractivity contribution in [2.75, 3.05) is 0 Å². The summed E-state index contributed by atoms with van der Waals surface area (Å²) in [5.41, 5.74) is 2.28. The number of hydrogen-bond donors (Lipinski definition) is 0. The highest BCUT2D eigenvalue weighted by Crippen LogP contribution is 2.24. The molecule has 0 aliphatic carbocycles. The zero-order valence-corrected chi connectivity index (χ0v) is 8.07. The Kier molecular flexibility index (Phi) is 2.35. The van der Waals surface area contributed by atoms with E-state index in [-0.39, 0.29) is 11.9 Å². The molecule has 1 aliphatic heterocycles. The Balaban J connectivity index is 2.19. The van der Waals surface area contributed by atoms with Gasteiger partial charge in [-0.2, -0.15) is 0 Å². The summed E-state index contributed by atoms with van der Waals surface area (Å²) in [6, 6.07) is 8.07. The highest BCUT2D eigenvalue weighted by atomic mass is 16.5. The topological polar surface area (TPSA) is 26.3 Å². The molecule has 1 aromatic rings. The van der Waals surface area contributed by atoms with E-state index in [1.165, 1.54) is 17.9 Å². The Morgan fingerprint density at radius 2 is 2.00 bits per heavy atom. The van der Waals surface area contributed by atoms with E-state index in [0.717, 1.165) is 5.56 Å². The summed E-state index contributed by atoms with van der Waals surface area (Å²) in [4.78, 5) is 11.1. The Morgan fingerprint density at radius 1 is 1.29 bits per heavy atom. The van der Waals surface area contributed by atoms with Crippen LogP contribution in [0.15, 0.2) is 36.6 Å². The first-order chi connectivity index (χ1) is 6.75. The number of carbonyl (C=O) groups excluding carboxylic acids is 1. The van der Waals surface area contributed by atoms with Crippen molar-refractivity contribution in [3.05, 3.63) is 47.7 Å². The van der Waals surface area contributed by atoms with E-state index >= 15 is 0 Å². The number of allylic oxidation sites excluding steroid dienone is 1. The third kappa shape index (κ3) is 1.84. The van der Waals surface area contributed by atoms with Crippen LogP contribution in [-0.4, -0.2) is 5.78 Å². The van der Waals surface area contributed by atoms with Crippen LogP contribution >= 0.6 is 0 Å². The molecule has 0 aromatic heterocycles. The molecule has 14 heavy (non-hydrogen) atoms. The first-order valence-corrected chi connectivity index (χ1v) is 4.67. The lowest BCUT2D eigenvalue weighted by Gasteiger charge is -2.18. The van der Waals surface area contributed by atoms with E-state index in [2.05, 4.69) is 0 Å². The zero-order valence-electron chi connectivity index (χ0n) is 8.07. The van der Waals surface area contributed by atoms with E-state index < -0.39 is 0 Å². The number of rotatable bonds is 1. The molecule has 2 nitrogen and oxygen atoms in total. The summed E-state index contributed by atoms with van der Waals surface area (Å²) in [7, 11) is 0. The zero-order chi connectivity index (χ0) is 9.97. The molecule has 1 aliphatic rings. The monoisotopic (exact) mass is 188 g/mol. The smallest absolute Gasteiger partial charge is 0.162 e. The van der Waals surface area contributed by atoms with Crippen LogP contribution in [0.2, 0.25) is 0 Å². The molecular formula is C12H12O2. The summed E-state index contributed by atoms with van der Waals surface area (Å²) in [5, 5.41) is 0. The van der Waals surface area contributed by atoms with Crippen molar-refractivity contribution >= 4 is 5.78 Å². The number of carbonyl (C=O) groups is 1. The molecule has 2 rings (SSSR count). The van der Waals surface area contributed by atoms with Crippen LogP contribution in [0.3, 0.4) is 0 Å². The largest absolute Gasteiger partial charge is 0.493 e. The fourth-order valence-electron chi connectivity index (χ4n) is 1.49. The van der Waals surface area contributed by atoms with Gasteiger partial charge in [0.25, 0.3) is 0 Å². The first kappa shape index (κ1) is 9.00. The number of ether oxygens (including phenoxy) is 1. The third-order valence-corrected chi connectivity index (χ3v) is 2.33. The molecule has 0 bridgehead atoms. The average molecular weight is 188 g/mol. The summed E-state index contributed by atoms with van der Waals surface area (Å²) < 4.78 is 5.37. The molecule has 1 atom stereocenters. The summed E-state index contributed by atoms with van der Waals surface area (Å²) >= 11 is 0. The van der Waals surface area contributed by atoms with Crippen molar-refractivity contribution in [1.82, 2.24) is 0 Å². The average Bonchev–Trinajstić information content (AvgIpc) is 2.19. The second-order valence-electron chi connectivity index (χ2n) is 3.51. The molecule has 0 radical (unpaired) electrons. The van der Waals surface area contributed by atoms with E-state index in [1.54, 1.807) is 0 Å². The molecule has 2 heteroatoms. The van der Waals surface area contributed by atoms with Gasteiger partial charge in [0.05, 0.1) is 12.7 Å². The predicted molar refractivity (Wildman–Crippen MR) is 53.8 cm³/mol. The molecule has 0 fully saturated rings. The van der Waals surface area contributed by atoms with Gasteiger partial charge < -0.3 is 4.74 Å². The highest BCUT2D eigenvalue weighted by molar-refractivity contribution is 5.90. The van der Waals surface area contributed by atoms with Gasteiger partial charge in [-0.1, -0.05) is 29.8 Å². The second-order valence-corrected chi connectivity index (χ2v) is 3.51. The van der Waals surface area contributed by atoms with Crippen molar-refractivity contribution in [3.63, 3.8) is 0 Å². The number of aryl methyl sites for hydroxylation is 1. The van der Waals surface area contributed by atoms with Gasteiger partial charge in [0.2, 0.25) is 0 Å². The van der Waals surface area contributed by atoms with Crippen molar-refractivity contribution in [1.29, 1.82) is 0 Å². The number of benzene rings is 1. The van der Waals surface area contributed by atoms with E-state index in [0.29, 0.717) is 6.42 Å². The number of hydrogen-bond acceptors (Lipinski definition) is 2. The van der Waals surface area contributed by atoms with Crippen LogP contribution in [0.1, 0.15) is 23.7 Å². The van der Waals surface area contributed by atoms with Gasteiger partial charge in [0.1, 0.15) is 6.10 Å². The van der Waals surface area contributed by atoms with Gasteiger partial charge in [-0.3, -0.25) is 4.79 Å². The van der Waals surface area contributed by atoms with E-state index in [4.69, 9.17) is 4.74 Å². The molecule has 0 saturated carbocycles. The van der Waals surface area contributed by atoms with Gasteiger partial charge in [0.15, 0.2) is 5.78 Å². The van der Waals surface area contributed by atoms with Gasteiger partial charge in [-0.15, -0.1) is 0 Å². The lowest BCUT2D eigenvalue weighted by atomic mass is 10.0. The maximum absolute atomic E-state index is 11.1. The third-order valence-electron chi connectivity index (χ3n) is 2.33. The first-order valence-electron chi connectivity index (χ1n) is 4.67. The molecular weight excluding hydrogens is 176 g/mol. The van der Waals surface area contributed by atoms with Gasteiger partial charge >= 0.3 is 0 Å². The molecule has 0 saturated heterocycles. The molecule has 72 valence electrons. The Labute approximate surface area is 83.2 Å². The van der Waals surface area contributed by atoms with Gasteiger partial charge in [0, 0.05) is 6.08 Å². The fourth-order valence-corrected chi connectivity index (χ4v) is 1.49. The number of ketones is 1. The van der Waals surface area contributed by atoms with Crippen molar-refractivity contribution in [3.8, 4) is 0 Å². The molecule has 0 unspecified atom stereocenters.